The minimum atomic E-state index is -4.52. The van der Waals surface area contributed by atoms with Crippen molar-refractivity contribution in [2.24, 2.45) is 5.92 Å². The van der Waals surface area contributed by atoms with Gasteiger partial charge in [-0.3, -0.25) is 9.36 Å². The van der Waals surface area contributed by atoms with E-state index in [9.17, 15) is 22.8 Å². The summed E-state index contributed by atoms with van der Waals surface area (Å²) in [4.78, 5) is 26.4. The van der Waals surface area contributed by atoms with Crippen LogP contribution < -0.4 is 15.7 Å². The highest BCUT2D eigenvalue weighted by atomic mass is 19.4. The Balaban J connectivity index is 1.52. The average molecular weight is 561 g/mol. The molecule has 214 valence electrons. The third-order valence-electron chi connectivity index (χ3n) is 7.92. The van der Waals surface area contributed by atoms with Gasteiger partial charge in [0.1, 0.15) is 23.1 Å². The predicted octanol–water partition coefficient (Wildman–Crippen LogP) is 6.44. The molecule has 40 heavy (non-hydrogen) atoms. The van der Waals surface area contributed by atoms with Crippen LogP contribution in [0.5, 0.6) is 5.75 Å². The molecule has 0 saturated heterocycles. The molecule has 2 aromatic carbocycles. The van der Waals surface area contributed by atoms with E-state index in [1.807, 2.05) is 6.92 Å². The van der Waals surface area contributed by atoms with E-state index in [-0.39, 0.29) is 40.3 Å². The van der Waals surface area contributed by atoms with Crippen molar-refractivity contribution >= 4 is 11.6 Å². The van der Waals surface area contributed by atoms with Crippen LogP contribution in [0.2, 0.25) is 0 Å². The number of hydrogen-bond acceptors (Lipinski definition) is 4. The van der Waals surface area contributed by atoms with Gasteiger partial charge in [-0.1, -0.05) is 19.3 Å². The molecule has 1 atom stereocenters. The number of anilines is 1. The number of alkyl halides is 3. The summed E-state index contributed by atoms with van der Waals surface area (Å²) >= 11 is 0. The lowest BCUT2D eigenvalue weighted by molar-refractivity contribution is -0.137. The molecule has 1 amide bonds. The number of fused-ring (bicyclic) bond motifs is 1. The molecule has 0 unspecified atom stereocenters. The number of rotatable bonds is 6. The first kappa shape index (κ1) is 27.9. The van der Waals surface area contributed by atoms with Gasteiger partial charge < -0.3 is 10.1 Å². The van der Waals surface area contributed by atoms with Crippen LogP contribution in [-0.4, -0.2) is 26.4 Å². The Kier molecular flexibility index (Phi) is 7.74. The maximum atomic E-state index is 15.5. The number of nitrogens with one attached hydrogen (secondary N) is 1. The highest BCUT2D eigenvalue weighted by Gasteiger charge is 2.31. The fourth-order valence-corrected chi connectivity index (χ4v) is 5.61. The number of benzene rings is 2. The van der Waals surface area contributed by atoms with E-state index >= 15 is 4.39 Å². The third kappa shape index (κ3) is 5.64. The number of carbonyl (C=O) groups is 1. The van der Waals surface area contributed by atoms with Crippen LogP contribution in [0.3, 0.4) is 0 Å². The first-order valence-corrected chi connectivity index (χ1v) is 13.7. The van der Waals surface area contributed by atoms with Crippen LogP contribution >= 0.6 is 0 Å². The lowest BCUT2D eigenvalue weighted by atomic mass is 9.86. The van der Waals surface area contributed by atoms with Crippen LogP contribution in [0.25, 0.3) is 5.69 Å². The second-order valence-corrected chi connectivity index (χ2v) is 10.7. The van der Waals surface area contributed by atoms with Crippen molar-refractivity contribution in [2.45, 2.75) is 84.0 Å². The number of hydrogen-bond donors (Lipinski definition) is 1. The summed E-state index contributed by atoms with van der Waals surface area (Å²) < 4.78 is 63.7. The smallest absolute Gasteiger partial charge is 0.416 e. The van der Waals surface area contributed by atoms with Gasteiger partial charge in [0.25, 0.3) is 5.91 Å². The molecule has 2 heterocycles. The molecule has 5 rings (SSSR count). The molecule has 1 aromatic heterocycles. The van der Waals surface area contributed by atoms with E-state index in [4.69, 9.17) is 4.74 Å². The maximum absolute atomic E-state index is 15.5. The molecule has 7 nitrogen and oxygen atoms in total. The molecule has 1 aliphatic carbocycles. The van der Waals surface area contributed by atoms with E-state index in [1.54, 1.807) is 0 Å². The zero-order valence-electron chi connectivity index (χ0n) is 22.5. The Bertz CT molecular complexity index is 1470. The highest BCUT2D eigenvalue weighted by molar-refractivity contribution is 6.06. The highest BCUT2D eigenvalue weighted by Crippen LogP contribution is 2.34. The zero-order valence-corrected chi connectivity index (χ0v) is 22.5. The van der Waals surface area contributed by atoms with E-state index < -0.39 is 29.2 Å². The Labute approximate surface area is 229 Å². The minimum absolute atomic E-state index is 0.0782. The van der Waals surface area contributed by atoms with Gasteiger partial charge in [-0.15, -0.1) is 5.10 Å². The second-order valence-electron chi connectivity index (χ2n) is 10.7. The molecule has 2 aliphatic rings. The van der Waals surface area contributed by atoms with Gasteiger partial charge in [-0.05, 0) is 75.3 Å². The molecule has 0 spiro atoms. The Hall–Kier alpha value is -3.63. The number of aromatic nitrogens is 3. The minimum Gasteiger partial charge on any atom is -0.490 e. The van der Waals surface area contributed by atoms with Crippen LogP contribution in [-0.2, 0) is 19.1 Å². The first-order chi connectivity index (χ1) is 19.0. The predicted molar refractivity (Wildman–Crippen MR) is 142 cm³/mol. The van der Waals surface area contributed by atoms with Crippen LogP contribution in [0.15, 0.2) is 35.1 Å². The van der Waals surface area contributed by atoms with Crippen molar-refractivity contribution in [1.82, 2.24) is 14.3 Å². The van der Waals surface area contributed by atoms with E-state index in [0.717, 1.165) is 67.8 Å². The monoisotopic (exact) mass is 560 g/mol. The van der Waals surface area contributed by atoms with E-state index in [1.165, 1.54) is 23.6 Å². The van der Waals surface area contributed by atoms with E-state index in [2.05, 4.69) is 10.4 Å². The number of amides is 1. The first-order valence-electron chi connectivity index (χ1n) is 13.7. The SMILES string of the molecule is Cc1cc(C(F)(F)F)ccc1NC(=O)c1cc(F)c(-n2nc3n(c2=O)CCCC3)cc1O[C@@H](C)C1CCCCC1. The quantitative estimate of drug-likeness (QED) is 0.352. The molecule has 1 N–H and O–H groups in total. The molecule has 0 radical (unpaired) electrons. The van der Waals surface area contributed by atoms with Crippen LogP contribution in [0, 0.1) is 18.7 Å². The lowest BCUT2D eigenvalue weighted by Gasteiger charge is -2.29. The summed E-state index contributed by atoms with van der Waals surface area (Å²) in [7, 11) is 0. The largest absolute Gasteiger partial charge is 0.490 e. The van der Waals surface area contributed by atoms with Crippen molar-refractivity contribution in [2.75, 3.05) is 5.32 Å². The third-order valence-corrected chi connectivity index (χ3v) is 7.92. The summed E-state index contributed by atoms with van der Waals surface area (Å²) in [6.07, 6.45) is 2.75. The fraction of sp³-hybridized carbons (Fsp3) is 0.483. The number of aryl methyl sites for hydroxylation is 2. The zero-order chi connectivity index (χ0) is 28.6. The number of halogens is 4. The van der Waals surface area contributed by atoms with E-state index in [0.29, 0.717) is 18.8 Å². The number of ether oxygens (including phenoxy) is 1. The fourth-order valence-electron chi connectivity index (χ4n) is 5.61. The van der Waals surface area contributed by atoms with Crippen molar-refractivity contribution < 1.29 is 27.1 Å². The van der Waals surface area contributed by atoms with Crippen molar-refractivity contribution in [3.05, 3.63) is 69.1 Å². The molecule has 0 bridgehead atoms. The summed E-state index contributed by atoms with van der Waals surface area (Å²) in [5.74, 6) is -0.680. The van der Waals surface area contributed by atoms with Gasteiger partial charge >= 0.3 is 11.9 Å². The molecule has 1 fully saturated rings. The molecule has 3 aromatic rings. The summed E-state index contributed by atoms with van der Waals surface area (Å²) in [6.45, 7) is 3.86. The second kappa shape index (κ2) is 11.1. The topological polar surface area (TPSA) is 78.2 Å². The maximum Gasteiger partial charge on any atom is 0.416 e. The number of nitrogens with zero attached hydrogens (tertiary/aromatic N) is 3. The van der Waals surface area contributed by atoms with Gasteiger partial charge in [-0.25, -0.2) is 9.18 Å². The Morgan fingerprint density at radius 2 is 1.85 bits per heavy atom. The molecule has 1 aliphatic heterocycles. The normalized spacial score (nSPS) is 16.9. The average Bonchev–Trinajstić information content (AvgIpc) is 3.26. The van der Waals surface area contributed by atoms with Crippen LogP contribution in [0.1, 0.15) is 79.2 Å². The standard InChI is InChI=1S/C29H32F4N4O3/c1-17-14-20(29(31,32)33)11-12-23(17)34-27(38)21-15-22(30)24(37-28(39)36-13-7-6-10-26(36)35-37)16-25(21)40-18(2)19-8-4-3-5-9-19/h11-12,14-16,18-19H,3-10,13H2,1-2H3,(H,34,38)/t18-/m0/s1. The van der Waals surface area contributed by atoms with Crippen molar-refractivity contribution in [3.63, 3.8) is 0 Å². The van der Waals surface area contributed by atoms with Gasteiger partial charge in [-0.2, -0.15) is 17.9 Å². The molecule has 11 heteroatoms. The van der Waals surface area contributed by atoms with Gasteiger partial charge in [0, 0.05) is 24.7 Å². The van der Waals surface area contributed by atoms with Gasteiger partial charge in [0.2, 0.25) is 0 Å². The van der Waals surface area contributed by atoms with Crippen molar-refractivity contribution in [3.8, 4) is 11.4 Å². The van der Waals surface area contributed by atoms with Gasteiger partial charge in [0.05, 0.1) is 17.2 Å². The summed E-state index contributed by atoms with van der Waals surface area (Å²) in [5, 5.41) is 6.95. The molecular weight excluding hydrogens is 528 g/mol. The number of carbonyl (C=O) groups excluding carboxylic acids is 1. The molecular formula is C29H32F4N4O3. The van der Waals surface area contributed by atoms with Gasteiger partial charge in [0.15, 0.2) is 0 Å². The molecule has 1 saturated carbocycles. The van der Waals surface area contributed by atoms with Crippen LogP contribution in [0.4, 0.5) is 23.2 Å². The lowest BCUT2D eigenvalue weighted by Crippen LogP contribution is -2.28. The summed E-state index contributed by atoms with van der Waals surface area (Å²) in [5.41, 5.74) is -1.19. The summed E-state index contributed by atoms with van der Waals surface area (Å²) in [6, 6.07) is 5.30. The Morgan fingerprint density at radius 1 is 1.10 bits per heavy atom. The Morgan fingerprint density at radius 3 is 2.52 bits per heavy atom. The van der Waals surface area contributed by atoms with Crippen molar-refractivity contribution in [1.29, 1.82) is 0 Å².